The van der Waals surface area contributed by atoms with E-state index in [1.54, 1.807) is 18.2 Å². The van der Waals surface area contributed by atoms with E-state index in [9.17, 15) is 4.79 Å². The SMILES string of the molecule is CN(C)c1ccc(Cl)cc1NC(=O)c1cc(Br)cnc1Cl. The van der Waals surface area contributed by atoms with E-state index in [0.717, 1.165) is 5.69 Å². The summed E-state index contributed by atoms with van der Waals surface area (Å²) in [7, 11) is 3.76. The van der Waals surface area contributed by atoms with Gasteiger partial charge in [0.15, 0.2) is 0 Å². The Morgan fingerprint density at radius 2 is 2.00 bits per heavy atom. The van der Waals surface area contributed by atoms with Crippen molar-refractivity contribution in [3.05, 3.63) is 50.7 Å². The van der Waals surface area contributed by atoms with Crippen molar-refractivity contribution < 1.29 is 4.79 Å². The third kappa shape index (κ3) is 3.87. The molecule has 110 valence electrons. The van der Waals surface area contributed by atoms with E-state index in [0.29, 0.717) is 15.2 Å². The number of halogens is 3. The second kappa shape index (κ2) is 6.64. The summed E-state index contributed by atoms with van der Waals surface area (Å²) in [6.07, 6.45) is 1.53. The van der Waals surface area contributed by atoms with E-state index >= 15 is 0 Å². The standard InChI is InChI=1S/C14H12BrCl2N3O/c1-20(2)12-4-3-9(16)6-11(12)19-14(21)10-5-8(15)7-18-13(10)17/h3-7H,1-2H3,(H,19,21). The van der Waals surface area contributed by atoms with Crippen molar-refractivity contribution in [3.63, 3.8) is 0 Å². The summed E-state index contributed by atoms with van der Waals surface area (Å²) in [5.74, 6) is -0.348. The Labute approximate surface area is 141 Å². The minimum atomic E-state index is -0.348. The number of amides is 1. The fourth-order valence-corrected chi connectivity index (χ4v) is 2.46. The molecule has 1 amide bonds. The summed E-state index contributed by atoms with van der Waals surface area (Å²) in [6, 6.07) is 6.90. The zero-order valence-corrected chi connectivity index (χ0v) is 14.4. The van der Waals surface area contributed by atoms with Crippen LogP contribution in [0.25, 0.3) is 0 Å². The Balaban J connectivity index is 2.35. The molecule has 0 aliphatic rings. The van der Waals surface area contributed by atoms with Crippen LogP contribution in [0.15, 0.2) is 34.9 Å². The van der Waals surface area contributed by atoms with Gasteiger partial charge in [-0.1, -0.05) is 23.2 Å². The van der Waals surface area contributed by atoms with Crippen LogP contribution in [0.1, 0.15) is 10.4 Å². The highest BCUT2D eigenvalue weighted by Gasteiger charge is 2.15. The summed E-state index contributed by atoms with van der Waals surface area (Å²) in [5.41, 5.74) is 1.73. The van der Waals surface area contributed by atoms with Gasteiger partial charge in [-0.3, -0.25) is 4.79 Å². The first-order chi connectivity index (χ1) is 9.88. The van der Waals surface area contributed by atoms with Crippen molar-refractivity contribution in [2.75, 3.05) is 24.3 Å². The number of carbonyl (C=O) groups is 1. The Hall–Kier alpha value is -1.30. The predicted molar refractivity (Wildman–Crippen MR) is 90.7 cm³/mol. The highest BCUT2D eigenvalue weighted by atomic mass is 79.9. The molecule has 0 radical (unpaired) electrons. The number of pyridine rings is 1. The third-order valence-electron chi connectivity index (χ3n) is 2.74. The molecule has 4 nitrogen and oxygen atoms in total. The van der Waals surface area contributed by atoms with Crippen molar-refractivity contribution in [2.45, 2.75) is 0 Å². The van der Waals surface area contributed by atoms with Crippen LogP contribution in [-0.2, 0) is 0 Å². The predicted octanol–water partition coefficient (Wildman–Crippen LogP) is 4.47. The lowest BCUT2D eigenvalue weighted by atomic mass is 10.2. The van der Waals surface area contributed by atoms with E-state index in [1.807, 2.05) is 25.1 Å². The average molecular weight is 389 g/mol. The molecule has 1 aromatic carbocycles. The fourth-order valence-electron chi connectivity index (χ4n) is 1.77. The molecule has 7 heteroatoms. The first-order valence-corrected chi connectivity index (χ1v) is 7.52. The molecule has 0 fully saturated rings. The van der Waals surface area contributed by atoms with Crippen molar-refractivity contribution in [2.24, 2.45) is 0 Å². The van der Waals surface area contributed by atoms with Gasteiger partial charge in [-0.2, -0.15) is 0 Å². The molecule has 21 heavy (non-hydrogen) atoms. The second-order valence-electron chi connectivity index (χ2n) is 4.50. The Kier molecular flexibility index (Phi) is 5.08. The summed E-state index contributed by atoms with van der Waals surface area (Å²) in [4.78, 5) is 18.2. The van der Waals surface area contributed by atoms with Gasteiger partial charge < -0.3 is 10.2 Å². The molecule has 0 unspecified atom stereocenters. The highest BCUT2D eigenvalue weighted by Crippen LogP contribution is 2.29. The topological polar surface area (TPSA) is 45.2 Å². The van der Waals surface area contributed by atoms with Crippen LogP contribution >= 0.6 is 39.1 Å². The van der Waals surface area contributed by atoms with Crippen LogP contribution in [-0.4, -0.2) is 25.0 Å². The zero-order chi connectivity index (χ0) is 15.6. The number of hydrogen-bond donors (Lipinski definition) is 1. The molecule has 0 atom stereocenters. The lowest BCUT2D eigenvalue weighted by Gasteiger charge is -2.18. The van der Waals surface area contributed by atoms with Crippen LogP contribution in [0.3, 0.4) is 0 Å². The molecule has 0 aliphatic carbocycles. The number of aromatic nitrogens is 1. The molecular weight excluding hydrogens is 377 g/mol. The average Bonchev–Trinajstić information content (AvgIpc) is 2.41. The van der Waals surface area contributed by atoms with Crippen LogP contribution < -0.4 is 10.2 Å². The van der Waals surface area contributed by atoms with Gasteiger partial charge in [0.05, 0.1) is 16.9 Å². The van der Waals surface area contributed by atoms with E-state index in [-0.39, 0.29) is 16.6 Å². The molecule has 0 saturated heterocycles. The number of nitrogens with one attached hydrogen (secondary N) is 1. The summed E-state index contributed by atoms with van der Waals surface area (Å²) < 4.78 is 0.677. The summed E-state index contributed by atoms with van der Waals surface area (Å²) >= 11 is 15.2. The van der Waals surface area contributed by atoms with Gasteiger partial charge in [0.25, 0.3) is 5.91 Å². The second-order valence-corrected chi connectivity index (χ2v) is 6.21. The molecular formula is C14H12BrCl2N3O. The number of nitrogens with zero attached hydrogens (tertiary/aromatic N) is 2. The quantitative estimate of drug-likeness (QED) is 0.789. The molecule has 1 aromatic heterocycles. The monoisotopic (exact) mass is 387 g/mol. The van der Waals surface area contributed by atoms with E-state index in [2.05, 4.69) is 26.2 Å². The Bertz CT molecular complexity index is 692. The normalized spacial score (nSPS) is 10.3. The van der Waals surface area contributed by atoms with E-state index in [1.165, 1.54) is 6.20 Å². The number of carbonyl (C=O) groups excluding carboxylic acids is 1. The number of rotatable bonds is 3. The smallest absolute Gasteiger partial charge is 0.258 e. The van der Waals surface area contributed by atoms with Crippen molar-refractivity contribution in [3.8, 4) is 0 Å². The molecule has 0 saturated carbocycles. The number of hydrogen-bond acceptors (Lipinski definition) is 3. The molecule has 0 spiro atoms. The Morgan fingerprint density at radius 1 is 1.29 bits per heavy atom. The van der Waals surface area contributed by atoms with Crippen LogP contribution in [0.5, 0.6) is 0 Å². The minimum absolute atomic E-state index is 0.143. The number of anilines is 2. The first-order valence-electron chi connectivity index (χ1n) is 5.97. The van der Waals surface area contributed by atoms with E-state index in [4.69, 9.17) is 23.2 Å². The van der Waals surface area contributed by atoms with Gasteiger partial charge in [-0.15, -0.1) is 0 Å². The van der Waals surface area contributed by atoms with Gasteiger partial charge in [0.2, 0.25) is 0 Å². The maximum Gasteiger partial charge on any atom is 0.258 e. The lowest BCUT2D eigenvalue weighted by Crippen LogP contribution is -2.17. The van der Waals surface area contributed by atoms with Crippen molar-refractivity contribution in [1.29, 1.82) is 0 Å². The summed E-state index contributed by atoms with van der Waals surface area (Å²) in [6.45, 7) is 0. The van der Waals surface area contributed by atoms with Crippen LogP contribution in [0.2, 0.25) is 10.2 Å². The van der Waals surface area contributed by atoms with Gasteiger partial charge in [0.1, 0.15) is 5.15 Å². The molecule has 2 aromatic rings. The van der Waals surface area contributed by atoms with Gasteiger partial charge in [-0.25, -0.2) is 4.98 Å². The fraction of sp³-hybridized carbons (Fsp3) is 0.143. The Morgan fingerprint density at radius 3 is 2.67 bits per heavy atom. The van der Waals surface area contributed by atoms with Crippen LogP contribution in [0.4, 0.5) is 11.4 Å². The van der Waals surface area contributed by atoms with Gasteiger partial charge in [0, 0.05) is 29.8 Å². The maximum absolute atomic E-state index is 12.4. The molecule has 1 heterocycles. The first kappa shape index (κ1) is 16.1. The summed E-state index contributed by atoms with van der Waals surface area (Å²) in [5, 5.41) is 3.49. The van der Waals surface area contributed by atoms with Crippen LogP contribution in [0, 0.1) is 0 Å². The highest BCUT2D eigenvalue weighted by molar-refractivity contribution is 9.10. The third-order valence-corrected chi connectivity index (χ3v) is 3.71. The lowest BCUT2D eigenvalue weighted by molar-refractivity contribution is 0.102. The molecule has 2 rings (SSSR count). The zero-order valence-electron chi connectivity index (χ0n) is 11.3. The molecule has 0 bridgehead atoms. The maximum atomic E-state index is 12.4. The van der Waals surface area contributed by atoms with Gasteiger partial charge >= 0.3 is 0 Å². The molecule has 0 aliphatic heterocycles. The molecule has 1 N–H and O–H groups in total. The number of benzene rings is 1. The van der Waals surface area contributed by atoms with Crippen molar-refractivity contribution in [1.82, 2.24) is 4.98 Å². The minimum Gasteiger partial charge on any atom is -0.376 e. The van der Waals surface area contributed by atoms with Crippen molar-refractivity contribution >= 4 is 56.4 Å². The largest absolute Gasteiger partial charge is 0.376 e. The van der Waals surface area contributed by atoms with E-state index < -0.39 is 0 Å². The van der Waals surface area contributed by atoms with Gasteiger partial charge in [-0.05, 0) is 40.2 Å².